The highest BCUT2D eigenvalue weighted by Crippen LogP contribution is 2.11. The predicted molar refractivity (Wildman–Crippen MR) is 56.9 cm³/mol. The van der Waals surface area contributed by atoms with E-state index in [2.05, 4.69) is 15.2 Å². The van der Waals surface area contributed by atoms with E-state index >= 15 is 0 Å². The van der Waals surface area contributed by atoms with Gasteiger partial charge in [0.1, 0.15) is 5.82 Å². The smallest absolute Gasteiger partial charge is 0.293 e. The maximum Gasteiger partial charge on any atom is 0.293 e. The highest BCUT2D eigenvalue weighted by molar-refractivity contribution is 5.90. The second kappa shape index (κ2) is 4.61. The van der Waals surface area contributed by atoms with Crippen molar-refractivity contribution in [2.45, 2.75) is 32.3 Å². The van der Waals surface area contributed by atoms with E-state index in [1.807, 2.05) is 6.92 Å². The van der Waals surface area contributed by atoms with Crippen molar-refractivity contribution >= 4 is 5.91 Å². The summed E-state index contributed by atoms with van der Waals surface area (Å²) in [4.78, 5) is 17.6. The largest absolute Gasteiger partial charge is 0.391 e. The number of amides is 1. The van der Waals surface area contributed by atoms with Crippen molar-refractivity contribution in [3.63, 3.8) is 0 Å². The number of carbonyl (C=O) groups excluding carboxylic acids is 1. The summed E-state index contributed by atoms with van der Waals surface area (Å²) in [5.74, 6) is 0.748. The van der Waals surface area contributed by atoms with Gasteiger partial charge in [-0.1, -0.05) is 6.92 Å². The number of nitrogens with zero attached hydrogens (tertiary/aromatic N) is 3. The van der Waals surface area contributed by atoms with Gasteiger partial charge in [-0.15, -0.1) is 5.10 Å². The highest BCUT2D eigenvalue weighted by atomic mass is 16.3. The number of hydrogen-bond donors (Lipinski definition) is 2. The van der Waals surface area contributed by atoms with E-state index < -0.39 is 6.10 Å². The molecule has 1 amide bonds. The molecule has 0 bridgehead atoms. The van der Waals surface area contributed by atoms with E-state index in [4.69, 9.17) is 0 Å². The molecule has 0 saturated carbocycles. The zero-order chi connectivity index (χ0) is 11.5. The first-order valence-electron chi connectivity index (χ1n) is 5.59. The van der Waals surface area contributed by atoms with Crippen LogP contribution in [0.25, 0.3) is 0 Å². The van der Waals surface area contributed by atoms with Crippen LogP contribution in [0.3, 0.4) is 0 Å². The van der Waals surface area contributed by atoms with Gasteiger partial charge in [0.15, 0.2) is 0 Å². The van der Waals surface area contributed by atoms with Crippen molar-refractivity contribution in [3.05, 3.63) is 11.6 Å². The lowest BCUT2D eigenvalue weighted by molar-refractivity contribution is 0.0753. The molecule has 6 heteroatoms. The van der Waals surface area contributed by atoms with Crippen LogP contribution in [0.15, 0.2) is 0 Å². The topological polar surface area (TPSA) is 82.1 Å². The van der Waals surface area contributed by atoms with Crippen LogP contribution in [-0.2, 0) is 6.42 Å². The molecule has 1 saturated heterocycles. The molecule has 2 rings (SSSR count). The Morgan fingerprint density at radius 3 is 3.12 bits per heavy atom. The molecule has 2 heterocycles. The Hall–Kier alpha value is -1.43. The molecule has 1 aliphatic rings. The number of β-amino-alcohol motifs (C(OH)–C–C–N with tert-alkyl or cyclic N) is 1. The van der Waals surface area contributed by atoms with Crippen molar-refractivity contribution in [1.82, 2.24) is 20.1 Å². The van der Waals surface area contributed by atoms with Crippen LogP contribution < -0.4 is 0 Å². The average molecular weight is 224 g/mol. The molecule has 2 N–H and O–H groups in total. The minimum absolute atomic E-state index is 0.199. The van der Waals surface area contributed by atoms with Crippen molar-refractivity contribution in [1.29, 1.82) is 0 Å². The first-order chi connectivity index (χ1) is 7.70. The monoisotopic (exact) mass is 224 g/mol. The fraction of sp³-hybridized carbons (Fsp3) is 0.700. The molecule has 16 heavy (non-hydrogen) atoms. The summed E-state index contributed by atoms with van der Waals surface area (Å²) in [6, 6.07) is 0. The van der Waals surface area contributed by atoms with Crippen LogP contribution in [0.2, 0.25) is 0 Å². The first kappa shape index (κ1) is 11.1. The van der Waals surface area contributed by atoms with Crippen molar-refractivity contribution < 1.29 is 9.90 Å². The van der Waals surface area contributed by atoms with E-state index in [0.29, 0.717) is 19.5 Å². The number of nitrogens with one attached hydrogen (secondary N) is 1. The third kappa shape index (κ3) is 2.21. The number of aromatic amines is 1. The summed E-state index contributed by atoms with van der Waals surface area (Å²) in [7, 11) is 0. The van der Waals surface area contributed by atoms with E-state index in [1.165, 1.54) is 0 Å². The number of aliphatic hydroxyl groups excluding tert-OH is 1. The number of hydrogen-bond acceptors (Lipinski definition) is 4. The number of rotatable bonds is 3. The number of aryl methyl sites for hydroxylation is 1. The van der Waals surface area contributed by atoms with Gasteiger partial charge in [0.2, 0.25) is 5.82 Å². The quantitative estimate of drug-likeness (QED) is 0.755. The number of aromatic nitrogens is 3. The van der Waals surface area contributed by atoms with Gasteiger partial charge in [-0.2, -0.15) is 0 Å². The molecule has 1 aromatic rings. The zero-order valence-corrected chi connectivity index (χ0v) is 9.31. The molecule has 1 aliphatic heterocycles. The minimum Gasteiger partial charge on any atom is -0.391 e. The standard InChI is InChI=1S/C10H16N4O2/c1-2-3-8-11-9(13-12-8)10(16)14-5-4-7(15)6-14/h7,15H,2-6H2,1H3,(H,11,12,13)/t7-/m1/s1. The molecule has 0 unspecified atom stereocenters. The Morgan fingerprint density at radius 2 is 2.50 bits per heavy atom. The molecule has 0 aromatic carbocycles. The second-order valence-corrected chi connectivity index (χ2v) is 4.05. The van der Waals surface area contributed by atoms with Crippen LogP contribution in [0.4, 0.5) is 0 Å². The van der Waals surface area contributed by atoms with E-state index in [1.54, 1.807) is 4.90 Å². The van der Waals surface area contributed by atoms with Gasteiger partial charge >= 0.3 is 0 Å². The fourth-order valence-corrected chi connectivity index (χ4v) is 1.81. The van der Waals surface area contributed by atoms with Gasteiger partial charge in [0.05, 0.1) is 6.10 Å². The van der Waals surface area contributed by atoms with Gasteiger partial charge in [0, 0.05) is 19.5 Å². The molecule has 6 nitrogen and oxygen atoms in total. The highest BCUT2D eigenvalue weighted by Gasteiger charge is 2.27. The maximum atomic E-state index is 11.9. The Balaban J connectivity index is 2.03. The van der Waals surface area contributed by atoms with Crippen LogP contribution in [-0.4, -0.2) is 50.3 Å². The molecular weight excluding hydrogens is 208 g/mol. The number of likely N-dealkylation sites (tertiary alicyclic amines) is 1. The lowest BCUT2D eigenvalue weighted by Crippen LogP contribution is -2.30. The second-order valence-electron chi connectivity index (χ2n) is 4.05. The van der Waals surface area contributed by atoms with Gasteiger partial charge in [-0.3, -0.25) is 9.89 Å². The summed E-state index contributed by atoms with van der Waals surface area (Å²) in [5, 5.41) is 16.0. The van der Waals surface area contributed by atoms with E-state index in [-0.39, 0.29) is 11.7 Å². The van der Waals surface area contributed by atoms with Crippen molar-refractivity contribution in [2.75, 3.05) is 13.1 Å². The summed E-state index contributed by atoms with van der Waals surface area (Å²) in [6.45, 7) is 3.01. The van der Waals surface area contributed by atoms with Crippen molar-refractivity contribution in [2.24, 2.45) is 0 Å². The molecule has 0 aliphatic carbocycles. The Labute approximate surface area is 93.7 Å². The molecule has 1 atom stereocenters. The third-order valence-electron chi connectivity index (χ3n) is 2.66. The lowest BCUT2D eigenvalue weighted by atomic mass is 10.3. The van der Waals surface area contributed by atoms with Crippen molar-refractivity contribution in [3.8, 4) is 0 Å². The molecule has 88 valence electrons. The third-order valence-corrected chi connectivity index (χ3v) is 2.66. The van der Waals surface area contributed by atoms with Gasteiger partial charge < -0.3 is 10.0 Å². The predicted octanol–water partition coefficient (Wildman–Crippen LogP) is -0.0360. The SMILES string of the molecule is CCCc1nc(C(=O)N2CC[C@@H](O)C2)n[nH]1. The number of aliphatic hydroxyl groups is 1. The van der Waals surface area contributed by atoms with Crippen LogP contribution in [0.5, 0.6) is 0 Å². The summed E-state index contributed by atoms with van der Waals surface area (Å²) < 4.78 is 0. The molecule has 0 radical (unpaired) electrons. The first-order valence-corrected chi connectivity index (χ1v) is 5.59. The van der Waals surface area contributed by atoms with E-state index in [0.717, 1.165) is 18.7 Å². The summed E-state index contributed by atoms with van der Waals surface area (Å²) in [5.41, 5.74) is 0. The Bertz CT molecular complexity index is 377. The fourth-order valence-electron chi connectivity index (χ4n) is 1.81. The maximum absolute atomic E-state index is 11.9. The normalized spacial score (nSPS) is 20.4. The van der Waals surface area contributed by atoms with Crippen LogP contribution >= 0.6 is 0 Å². The van der Waals surface area contributed by atoms with E-state index in [9.17, 15) is 9.90 Å². The van der Waals surface area contributed by atoms with Gasteiger partial charge in [-0.05, 0) is 12.8 Å². The summed E-state index contributed by atoms with van der Waals surface area (Å²) in [6.07, 6.45) is 1.99. The number of carbonyl (C=O) groups is 1. The van der Waals surface area contributed by atoms with Gasteiger partial charge in [0.25, 0.3) is 5.91 Å². The van der Waals surface area contributed by atoms with Crippen LogP contribution in [0, 0.1) is 0 Å². The lowest BCUT2D eigenvalue weighted by Gasteiger charge is -2.12. The molecular formula is C10H16N4O2. The van der Waals surface area contributed by atoms with Crippen LogP contribution in [0.1, 0.15) is 36.2 Å². The van der Waals surface area contributed by atoms with Gasteiger partial charge in [-0.25, -0.2) is 4.98 Å². The summed E-state index contributed by atoms with van der Waals surface area (Å²) >= 11 is 0. The Morgan fingerprint density at radius 1 is 1.69 bits per heavy atom. The Kier molecular flexibility index (Phi) is 3.19. The molecule has 1 aromatic heterocycles. The molecule has 0 spiro atoms. The molecule has 1 fully saturated rings. The minimum atomic E-state index is -0.405. The number of H-pyrrole nitrogens is 1. The zero-order valence-electron chi connectivity index (χ0n) is 9.31. The average Bonchev–Trinajstić information content (AvgIpc) is 2.87.